The second-order valence-electron chi connectivity index (χ2n) is 4.75. The fraction of sp³-hybridized carbons (Fsp3) is 0.714. The molecule has 0 saturated heterocycles. The van der Waals surface area contributed by atoms with E-state index in [2.05, 4.69) is 5.32 Å². The average Bonchev–Trinajstić information content (AvgIpc) is 2.38. The van der Waals surface area contributed by atoms with Crippen molar-refractivity contribution in [2.75, 3.05) is 18.1 Å². The van der Waals surface area contributed by atoms with E-state index in [-0.39, 0.29) is 36.2 Å². The SMILES string of the molecule is CC(=O)CCCSSCCCC(=O)NCC(=O)CC(C)=O. The third kappa shape index (κ3) is 15.4. The van der Waals surface area contributed by atoms with Crippen molar-refractivity contribution in [3.05, 3.63) is 0 Å². The van der Waals surface area contributed by atoms with Crippen LogP contribution in [-0.4, -0.2) is 41.3 Å². The summed E-state index contributed by atoms with van der Waals surface area (Å²) in [5.74, 6) is 1.42. The van der Waals surface area contributed by atoms with Crippen LogP contribution in [-0.2, 0) is 19.2 Å². The molecule has 1 amide bonds. The number of Topliss-reactive ketones (excluding diaryl/α,β-unsaturated/α-hetero) is 3. The molecule has 0 aliphatic heterocycles. The van der Waals surface area contributed by atoms with Crippen molar-refractivity contribution in [3.8, 4) is 0 Å². The molecule has 0 heterocycles. The van der Waals surface area contributed by atoms with Gasteiger partial charge in [0, 0.05) is 24.3 Å². The van der Waals surface area contributed by atoms with Gasteiger partial charge < -0.3 is 10.1 Å². The molecule has 0 bridgehead atoms. The molecule has 0 saturated carbocycles. The number of carbonyl (C=O) groups excluding carboxylic acids is 4. The number of amides is 1. The number of hydrogen-bond acceptors (Lipinski definition) is 6. The minimum atomic E-state index is -0.258. The molecule has 0 fully saturated rings. The highest BCUT2D eigenvalue weighted by molar-refractivity contribution is 8.76. The van der Waals surface area contributed by atoms with Gasteiger partial charge in [-0.05, 0) is 26.7 Å². The van der Waals surface area contributed by atoms with Crippen molar-refractivity contribution in [2.24, 2.45) is 0 Å². The van der Waals surface area contributed by atoms with E-state index < -0.39 is 0 Å². The molecule has 120 valence electrons. The number of rotatable bonds is 13. The van der Waals surface area contributed by atoms with Gasteiger partial charge in [0.25, 0.3) is 0 Å². The fourth-order valence-electron chi connectivity index (χ4n) is 1.42. The second-order valence-corrected chi connectivity index (χ2v) is 7.45. The van der Waals surface area contributed by atoms with Crippen molar-refractivity contribution in [3.63, 3.8) is 0 Å². The first-order valence-electron chi connectivity index (χ1n) is 6.93. The highest BCUT2D eigenvalue weighted by Crippen LogP contribution is 2.23. The highest BCUT2D eigenvalue weighted by Gasteiger charge is 2.07. The Hall–Kier alpha value is -0.820. The number of nitrogens with one attached hydrogen (secondary N) is 1. The van der Waals surface area contributed by atoms with Gasteiger partial charge in [-0.15, -0.1) is 0 Å². The summed E-state index contributed by atoms with van der Waals surface area (Å²) < 4.78 is 0. The van der Waals surface area contributed by atoms with Crippen LogP contribution in [0.25, 0.3) is 0 Å². The first-order valence-corrected chi connectivity index (χ1v) is 9.42. The lowest BCUT2D eigenvalue weighted by atomic mass is 10.2. The Morgan fingerprint density at radius 1 is 0.857 bits per heavy atom. The van der Waals surface area contributed by atoms with Crippen LogP contribution in [0.4, 0.5) is 0 Å². The quantitative estimate of drug-likeness (QED) is 0.316. The molecule has 0 atom stereocenters. The van der Waals surface area contributed by atoms with E-state index >= 15 is 0 Å². The van der Waals surface area contributed by atoms with Crippen LogP contribution in [0.5, 0.6) is 0 Å². The summed E-state index contributed by atoms with van der Waals surface area (Å²) in [5, 5.41) is 2.52. The first kappa shape index (κ1) is 20.2. The van der Waals surface area contributed by atoms with Gasteiger partial charge >= 0.3 is 0 Å². The Balaban J connectivity index is 3.40. The Kier molecular flexibility index (Phi) is 12.4. The predicted molar refractivity (Wildman–Crippen MR) is 87.4 cm³/mol. The van der Waals surface area contributed by atoms with E-state index in [0.29, 0.717) is 12.8 Å². The number of carbonyl (C=O) groups is 4. The molecule has 7 heteroatoms. The maximum atomic E-state index is 11.4. The Morgan fingerprint density at radius 2 is 1.43 bits per heavy atom. The lowest BCUT2D eigenvalue weighted by molar-refractivity contribution is -0.128. The number of hydrogen-bond donors (Lipinski definition) is 1. The van der Waals surface area contributed by atoms with E-state index in [4.69, 9.17) is 0 Å². The van der Waals surface area contributed by atoms with Gasteiger partial charge in [0.05, 0.1) is 13.0 Å². The molecule has 5 nitrogen and oxygen atoms in total. The average molecular weight is 333 g/mol. The second kappa shape index (κ2) is 12.9. The molecule has 0 aromatic heterocycles. The molecule has 0 aromatic rings. The van der Waals surface area contributed by atoms with Gasteiger partial charge in [-0.2, -0.15) is 0 Å². The minimum absolute atomic E-state index is 0.0641. The maximum absolute atomic E-state index is 11.4. The Bertz CT molecular complexity index is 372. The summed E-state index contributed by atoms with van der Waals surface area (Å²) in [4.78, 5) is 44.1. The van der Waals surface area contributed by atoms with E-state index in [9.17, 15) is 19.2 Å². The lowest BCUT2D eigenvalue weighted by Gasteiger charge is -2.04. The van der Waals surface area contributed by atoms with Crippen molar-refractivity contribution < 1.29 is 19.2 Å². The highest BCUT2D eigenvalue weighted by atomic mass is 33.1. The van der Waals surface area contributed by atoms with Crippen LogP contribution >= 0.6 is 21.6 Å². The zero-order valence-electron chi connectivity index (χ0n) is 12.6. The zero-order chi connectivity index (χ0) is 16.1. The van der Waals surface area contributed by atoms with Crippen LogP contribution < -0.4 is 5.32 Å². The summed E-state index contributed by atoms with van der Waals surface area (Å²) in [5.41, 5.74) is 0. The molecule has 0 unspecified atom stereocenters. The molecule has 0 rings (SSSR count). The summed E-state index contributed by atoms with van der Waals surface area (Å²) in [6.07, 6.45) is 2.54. The Labute approximate surface area is 133 Å². The molecule has 0 spiro atoms. The van der Waals surface area contributed by atoms with Crippen LogP contribution in [0.3, 0.4) is 0 Å². The van der Waals surface area contributed by atoms with Crippen LogP contribution in [0.15, 0.2) is 0 Å². The van der Waals surface area contributed by atoms with Gasteiger partial charge in [-0.3, -0.25) is 14.4 Å². The van der Waals surface area contributed by atoms with E-state index in [1.165, 1.54) is 6.92 Å². The summed E-state index contributed by atoms with van der Waals surface area (Å²) in [7, 11) is 3.41. The molecule has 1 N–H and O–H groups in total. The Morgan fingerprint density at radius 3 is 1.95 bits per heavy atom. The molecular formula is C14H23NO4S2. The van der Waals surface area contributed by atoms with Crippen molar-refractivity contribution in [1.29, 1.82) is 0 Å². The van der Waals surface area contributed by atoms with Gasteiger partial charge in [0.2, 0.25) is 5.91 Å². The van der Waals surface area contributed by atoms with Gasteiger partial charge in [-0.1, -0.05) is 21.6 Å². The maximum Gasteiger partial charge on any atom is 0.220 e. The third-order valence-corrected chi connectivity index (χ3v) is 4.98. The van der Waals surface area contributed by atoms with Crippen LogP contribution in [0.2, 0.25) is 0 Å². The summed E-state index contributed by atoms with van der Waals surface area (Å²) in [6, 6.07) is 0. The largest absolute Gasteiger partial charge is 0.349 e. The monoisotopic (exact) mass is 333 g/mol. The molecule has 0 aliphatic carbocycles. The zero-order valence-corrected chi connectivity index (χ0v) is 14.2. The lowest BCUT2D eigenvalue weighted by Crippen LogP contribution is -2.30. The fourth-order valence-corrected chi connectivity index (χ4v) is 3.59. The minimum Gasteiger partial charge on any atom is -0.349 e. The molecule has 0 aliphatic rings. The summed E-state index contributed by atoms with van der Waals surface area (Å²) in [6.45, 7) is 2.88. The normalized spacial score (nSPS) is 10.2. The van der Waals surface area contributed by atoms with E-state index in [1.807, 2.05) is 0 Å². The summed E-state index contributed by atoms with van der Waals surface area (Å²) >= 11 is 0. The van der Waals surface area contributed by atoms with Gasteiger partial charge in [0.15, 0.2) is 5.78 Å². The van der Waals surface area contributed by atoms with E-state index in [0.717, 1.165) is 24.3 Å². The predicted octanol–water partition coefficient (Wildman–Crippen LogP) is 2.18. The first-order chi connectivity index (χ1) is 9.91. The standard InChI is InChI=1S/C14H23NO4S2/c1-11(16)5-3-7-20-21-8-4-6-14(19)15-10-13(18)9-12(2)17/h3-10H2,1-2H3,(H,15,19). The number of ketones is 3. The molecule has 21 heavy (non-hydrogen) atoms. The molecular weight excluding hydrogens is 310 g/mol. The van der Waals surface area contributed by atoms with E-state index in [1.54, 1.807) is 28.5 Å². The molecule has 0 aromatic carbocycles. The van der Waals surface area contributed by atoms with Crippen LogP contribution in [0.1, 0.15) is 46.0 Å². The van der Waals surface area contributed by atoms with Gasteiger partial charge in [0.1, 0.15) is 11.6 Å². The van der Waals surface area contributed by atoms with Gasteiger partial charge in [-0.25, -0.2) is 0 Å². The van der Waals surface area contributed by atoms with Crippen molar-refractivity contribution >= 4 is 44.8 Å². The smallest absolute Gasteiger partial charge is 0.220 e. The van der Waals surface area contributed by atoms with Crippen LogP contribution in [0, 0.1) is 0 Å². The third-order valence-electron chi connectivity index (χ3n) is 2.40. The van der Waals surface area contributed by atoms with Crippen molar-refractivity contribution in [2.45, 2.75) is 46.0 Å². The van der Waals surface area contributed by atoms with Crippen molar-refractivity contribution in [1.82, 2.24) is 5.32 Å². The molecule has 0 radical (unpaired) electrons. The topological polar surface area (TPSA) is 80.3 Å².